The van der Waals surface area contributed by atoms with Crippen LogP contribution in [0.1, 0.15) is 11.1 Å². The normalized spacial score (nSPS) is 9.61. The molecular weight excluding hydrogens is 222 g/mol. The van der Waals surface area contributed by atoms with Gasteiger partial charge >= 0.3 is 0 Å². The predicted octanol–water partition coefficient (Wildman–Crippen LogP) is 5.25. The molecule has 0 heterocycles. The summed E-state index contributed by atoms with van der Waals surface area (Å²) in [4.78, 5) is 2.91. The standard InChI is InChI=1S/C15H13N3/c1-3-12-8-6-10-14(15(12)17-18-16)13-9-5-4-7-11(13)2/h3-10H,1H2,2H3. The Hall–Kier alpha value is -2.51. The van der Waals surface area contributed by atoms with Crippen LogP contribution in [-0.4, -0.2) is 0 Å². The van der Waals surface area contributed by atoms with Crippen LogP contribution in [0.5, 0.6) is 0 Å². The van der Waals surface area contributed by atoms with E-state index < -0.39 is 0 Å². The number of azide groups is 1. The molecule has 0 bridgehead atoms. The molecular formula is C15H13N3. The lowest BCUT2D eigenvalue weighted by molar-refractivity contribution is 1.41. The van der Waals surface area contributed by atoms with Crippen LogP contribution >= 0.6 is 0 Å². The number of benzene rings is 2. The van der Waals surface area contributed by atoms with Gasteiger partial charge < -0.3 is 0 Å². The van der Waals surface area contributed by atoms with Gasteiger partial charge in [0.15, 0.2) is 0 Å². The third-order valence-electron chi connectivity index (χ3n) is 2.87. The molecule has 0 aliphatic rings. The highest BCUT2D eigenvalue weighted by Gasteiger charge is 2.08. The van der Waals surface area contributed by atoms with Crippen molar-refractivity contribution in [2.75, 3.05) is 0 Å². The van der Waals surface area contributed by atoms with Gasteiger partial charge in [-0.1, -0.05) is 60.2 Å². The van der Waals surface area contributed by atoms with E-state index in [0.717, 1.165) is 22.3 Å². The molecule has 0 radical (unpaired) electrons. The molecule has 2 aromatic carbocycles. The molecule has 3 nitrogen and oxygen atoms in total. The molecule has 0 saturated heterocycles. The summed E-state index contributed by atoms with van der Waals surface area (Å²) in [6.07, 6.45) is 1.70. The van der Waals surface area contributed by atoms with E-state index in [9.17, 15) is 0 Å². The summed E-state index contributed by atoms with van der Waals surface area (Å²) in [5.41, 5.74) is 13.3. The van der Waals surface area contributed by atoms with Gasteiger partial charge in [0.1, 0.15) is 0 Å². The molecule has 3 heteroatoms. The number of rotatable bonds is 3. The minimum Gasteiger partial charge on any atom is -0.0985 e. The smallest absolute Gasteiger partial charge is 0.0526 e. The van der Waals surface area contributed by atoms with Crippen molar-refractivity contribution in [2.45, 2.75) is 6.92 Å². The Labute approximate surface area is 106 Å². The minimum absolute atomic E-state index is 0.629. The second kappa shape index (κ2) is 5.21. The van der Waals surface area contributed by atoms with Gasteiger partial charge in [-0.2, -0.15) is 0 Å². The van der Waals surface area contributed by atoms with Crippen molar-refractivity contribution in [1.82, 2.24) is 0 Å². The monoisotopic (exact) mass is 235 g/mol. The zero-order valence-corrected chi connectivity index (χ0v) is 10.2. The summed E-state index contributed by atoms with van der Waals surface area (Å²) in [6.45, 7) is 5.79. The van der Waals surface area contributed by atoms with E-state index in [0.29, 0.717) is 5.69 Å². The van der Waals surface area contributed by atoms with Gasteiger partial charge in [-0.25, -0.2) is 0 Å². The van der Waals surface area contributed by atoms with Crippen molar-refractivity contribution in [3.05, 3.63) is 70.6 Å². The Morgan fingerprint density at radius 2 is 1.83 bits per heavy atom. The summed E-state index contributed by atoms with van der Waals surface area (Å²) < 4.78 is 0. The lowest BCUT2D eigenvalue weighted by atomic mass is 9.97. The highest BCUT2D eigenvalue weighted by atomic mass is 15.1. The molecule has 2 rings (SSSR count). The Kier molecular flexibility index (Phi) is 3.46. The van der Waals surface area contributed by atoms with E-state index in [1.165, 1.54) is 0 Å². The summed E-state index contributed by atoms with van der Waals surface area (Å²) in [7, 11) is 0. The maximum absolute atomic E-state index is 8.70. The lowest BCUT2D eigenvalue weighted by Gasteiger charge is -2.10. The quantitative estimate of drug-likeness (QED) is 0.396. The highest BCUT2D eigenvalue weighted by molar-refractivity contribution is 5.83. The molecule has 0 atom stereocenters. The average Bonchev–Trinajstić information content (AvgIpc) is 2.40. The van der Waals surface area contributed by atoms with Gasteiger partial charge in [-0.05, 0) is 34.7 Å². The van der Waals surface area contributed by atoms with Crippen LogP contribution in [0.3, 0.4) is 0 Å². The fourth-order valence-electron chi connectivity index (χ4n) is 1.97. The Bertz CT molecular complexity index is 638. The fourth-order valence-corrected chi connectivity index (χ4v) is 1.97. The van der Waals surface area contributed by atoms with Crippen LogP contribution < -0.4 is 0 Å². The molecule has 0 N–H and O–H groups in total. The van der Waals surface area contributed by atoms with E-state index in [-0.39, 0.29) is 0 Å². The van der Waals surface area contributed by atoms with Crippen molar-refractivity contribution in [3.63, 3.8) is 0 Å². The van der Waals surface area contributed by atoms with Gasteiger partial charge in [0.2, 0.25) is 0 Å². The molecule has 0 amide bonds. The summed E-state index contributed by atoms with van der Waals surface area (Å²) in [5, 5.41) is 3.80. The molecule has 0 saturated carbocycles. The largest absolute Gasteiger partial charge is 0.0985 e. The van der Waals surface area contributed by atoms with Gasteiger partial charge in [-0.15, -0.1) is 0 Å². The molecule has 18 heavy (non-hydrogen) atoms. The first-order chi connectivity index (χ1) is 8.77. The van der Waals surface area contributed by atoms with E-state index in [1.54, 1.807) is 6.08 Å². The fraction of sp³-hybridized carbons (Fsp3) is 0.0667. The first kappa shape index (κ1) is 12.0. The highest BCUT2D eigenvalue weighted by Crippen LogP contribution is 2.35. The number of hydrogen-bond donors (Lipinski definition) is 0. The summed E-state index contributed by atoms with van der Waals surface area (Å²) >= 11 is 0. The number of aryl methyl sites for hydroxylation is 1. The van der Waals surface area contributed by atoms with E-state index >= 15 is 0 Å². The molecule has 0 aliphatic carbocycles. The predicted molar refractivity (Wildman–Crippen MR) is 75.5 cm³/mol. The van der Waals surface area contributed by atoms with Gasteiger partial charge in [-0.3, -0.25) is 0 Å². The van der Waals surface area contributed by atoms with Gasteiger partial charge in [0.05, 0.1) is 5.69 Å². The van der Waals surface area contributed by atoms with E-state index in [2.05, 4.69) is 16.6 Å². The maximum atomic E-state index is 8.70. The molecule has 0 spiro atoms. The minimum atomic E-state index is 0.629. The SMILES string of the molecule is C=Cc1cccc(-c2ccccc2C)c1N=[N+]=[N-]. The molecule has 0 fully saturated rings. The second-order valence-electron chi connectivity index (χ2n) is 3.95. The van der Waals surface area contributed by atoms with Crippen molar-refractivity contribution in [3.8, 4) is 11.1 Å². The number of hydrogen-bond acceptors (Lipinski definition) is 1. The van der Waals surface area contributed by atoms with Crippen LogP contribution in [0.4, 0.5) is 5.69 Å². The van der Waals surface area contributed by atoms with Crippen molar-refractivity contribution in [2.24, 2.45) is 5.11 Å². The second-order valence-corrected chi connectivity index (χ2v) is 3.95. The topological polar surface area (TPSA) is 48.8 Å². The maximum Gasteiger partial charge on any atom is 0.0526 e. The molecule has 0 aromatic heterocycles. The lowest BCUT2D eigenvalue weighted by Crippen LogP contribution is -1.85. The van der Waals surface area contributed by atoms with E-state index in [4.69, 9.17) is 5.53 Å². The van der Waals surface area contributed by atoms with Gasteiger partial charge in [0, 0.05) is 4.91 Å². The summed E-state index contributed by atoms with van der Waals surface area (Å²) in [6, 6.07) is 13.8. The van der Waals surface area contributed by atoms with Crippen molar-refractivity contribution in [1.29, 1.82) is 0 Å². The van der Waals surface area contributed by atoms with Crippen LogP contribution in [0.2, 0.25) is 0 Å². The van der Waals surface area contributed by atoms with E-state index in [1.807, 2.05) is 49.4 Å². The van der Waals surface area contributed by atoms with Gasteiger partial charge in [0.25, 0.3) is 0 Å². The van der Waals surface area contributed by atoms with Crippen LogP contribution in [0.25, 0.3) is 27.6 Å². The van der Waals surface area contributed by atoms with Crippen LogP contribution in [0, 0.1) is 6.92 Å². The summed E-state index contributed by atoms with van der Waals surface area (Å²) in [5.74, 6) is 0. The molecule has 0 aliphatic heterocycles. The average molecular weight is 235 g/mol. The molecule has 2 aromatic rings. The Morgan fingerprint density at radius 1 is 1.11 bits per heavy atom. The third kappa shape index (κ3) is 2.12. The molecule has 0 unspecified atom stereocenters. The third-order valence-corrected chi connectivity index (χ3v) is 2.87. The zero-order chi connectivity index (χ0) is 13.0. The van der Waals surface area contributed by atoms with Crippen molar-refractivity contribution < 1.29 is 0 Å². The first-order valence-corrected chi connectivity index (χ1v) is 5.64. The first-order valence-electron chi connectivity index (χ1n) is 5.64. The Morgan fingerprint density at radius 3 is 2.50 bits per heavy atom. The van der Waals surface area contributed by atoms with Crippen LogP contribution in [-0.2, 0) is 0 Å². The Balaban J connectivity index is 2.75. The van der Waals surface area contributed by atoms with Crippen molar-refractivity contribution >= 4 is 11.8 Å². The molecule has 88 valence electrons. The number of nitrogens with zero attached hydrogens (tertiary/aromatic N) is 3. The van der Waals surface area contributed by atoms with Crippen LogP contribution in [0.15, 0.2) is 54.2 Å². The zero-order valence-electron chi connectivity index (χ0n) is 10.2.